The molecule has 0 bridgehead atoms. The quantitative estimate of drug-likeness (QED) is 0.529. The molecule has 7 N–H and O–H groups in total. The Hall–Kier alpha value is -1.26. The monoisotopic (exact) mass is 195 g/mol. The lowest BCUT2D eigenvalue weighted by Crippen LogP contribution is -2.11. The molecule has 1 aromatic carbocycles. The van der Waals surface area contributed by atoms with E-state index in [1.54, 1.807) is 12.1 Å². The van der Waals surface area contributed by atoms with Gasteiger partial charge in [-0.15, -0.1) is 0 Å². The van der Waals surface area contributed by atoms with E-state index in [-0.39, 0.29) is 0 Å². The Labute approximate surface area is 83.7 Å². The number of nitrogens with two attached hydrogens (primary N) is 3. The molecule has 0 heterocycles. The largest absolute Gasteiger partial charge is 0.398 e. The first-order chi connectivity index (χ1) is 6.56. The molecule has 78 valence electrons. The number of hydrogen-bond donors (Lipinski definition) is 4. The van der Waals surface area contributed by atoms with E-state index in [0.29, 0.717) is 29.9 Å². The van der Waals surface area contributed by atoms with Crippen LogP contribution in [0.15, 0.2) is 12.1 Å². The van der Waals surface area contributed by atoms with Crippen molar-refractivity contribution in [2.24, 2.45) is 5.73 Å². The zero-order chi connectivity index (χ0) is 10.7. The molecule has 0 aliphatic carbocycles. The van der Waals surface area contributed by atoms with E-state index in [2.05, 4.69) is 0 Å². The maximum absolute atomic E-state index is 9.73. The molecule has 0 radical (unpaired) electrons. The lowest BCUT2D eigenvalue weighted by Gasteiger charge is -2.15. The first kappa shape index (κ1) is 10.8. The van der Waals surface area contributed by atoms with Gasteiger partial charge >= 0.3 is 0 Å². The minimum atomic E-state index is -0.666. The normalized spacial score (nSPS) is 12.8. The van der Waals surface area contributed by atoms with Gasteiger partial charge in [-0.3, -0.25) is 0 Å². The number of rotatable bonds is 3. The maximum atomic E-state index is 9.73. The molecule has 1 unspecified atom stereocenters. The lowest BCUT2D eigenvalue weighted by molar-refractivity contribution is 0.172. The minimum absolute atomic E-state index is 0.411. The van der Waals surface area contributed by atoms with Crippen molar-refractivity contribution in [1.29, 1.82) is 0 Å². The van der Waals surface area contributed by atoms with E-state index in [1.165, 1.54) is 0 Å². The number of anilines is 2. The molecule has 0 fully saturated rings. The van der Waals surface area contributed by atoms with Crippen LogP contribution in [0.25, 0.3) is 0 Å². The SMILES string of the molecule is Cc1cc(N)c(C(O)CCN)c(N)c1. The van der Waals surface area contributed by atoms with Gasteiger partial charge in [0.25, 0.3) is 0 Å². The third-order valence-corrected chi connectivity index (χ3v) is 2.16. The van der Waals surface area contributed by atoms with E-state index in [9.17, 15) is 5.11 Å². The smallest absolute Gasteiger partial charge is 0.0842 e. The van der Waals surface area contributed by atoms with Gasteiger partial charge in [0.2, 0.25) is 0 Å². The Morgan fingerprint density at radius 2 is 1.79 bits per heavy atom. The van der Waals surface area contributed by atoms with Gasteiger partial charge in [0.1, 0.15) is 0 Å². The van der Waals surface area contributed by atoms with Gasteiger partial charge in [-0.1, -0.05) is 0 Å². The first-order valence-electron chi connectivity index (χ1n) is 4.60. The maximum Gasteiger partial charge on any atom is 0.0842 e. The second kappa shape index (κ2) is 4.30. The van der Waals surface area contributed by atoms with Gasteiger partial charge in [0.05, 0.1) is 6.10 Å². The number of aliphatic hydroxyl groups excluding tert-OH is 1. The summed E-state index contributed by atoms with van der Waals surface area (Å²) in [6, 6.07) is 3.59. The molecular weight excluding hydrogens is 178 g/mol. The average molecular weight is 195 g/mol. The van der Waals surface area contributed by atoms with Crippen molar-refractivity contribution in [3.63, 3.8) is 0 Å². The van der Waals surface area contributed by atoms with E-state index >= 15 is 0 Å². The number of nitrogen functional groups attached to an aromatic ring is 2. The molecule has 0 spiro atoms. The molecule has 0 aliphatic heterocycles. The standard InChI is InChI=1S/C10H17N3O/c1-6-4-7(12)10(8(13)5-6)9(14)2-3-11/h4-5,9,14H,2-3,11-13H2,1H3. The van der Waals surface area contributed by atoms with Crippen molar-refractivity contribution >= 4 is 11.4 Å². The molecule has 0 aliphatic rings. The van der Waals surface area contributed by atoms with Crippen LogP contribution in [-0.2, 0) is 0 Å². The second-order valence-electron chi connectivity index (χ2n) is 3.45. The van der Waals surface area contributed by atoms with Crippen LogP contribution in [0.4, 0.5) is 11.4 Å². The van der Waals surface area contributed by atoms with Crippen molar-refractivity contribution in [3.05, 3.63) is 23.3 Å². The molecule has 0 saturated heterocycles. The summed E-state index contributed by atoms with van der Waals surface area (Å²) in [6.07, 6.45) is -0.196. The highest BCUT2D eigenvalue weighted by molar-refractivity contribution is 5.64. The van der Waals surface area contributed by atoms with Crippen LogP contribution in [0.3, 0.4) is 0 Å². The van der Waals surface area contributed by atoms with Gasteiger partial charge in [0.15, 0.2) is 0 Å². The predicted molar refractivity (Wildman–Crippen MR) is 58.6 cm³/mol. The second-order valence-corrected chi connectivity index (χ2v) is 3.45. The Morgan fingerprint density at radius 1 is 1.29 bits per heavy atom. The average Bonchev–Trinajstić information content (AvgIpc) is 2.01. The molecular formula is C10H17N3O. The molecule has 14 heavy (non-hydrogen) atoms. The van der Waals surface area contributed by atoms with Crippen LogP contribution in [0.5, 0.6) is 0 Å². The summed E-state index contributed by atoms with van der Waals surface area (Å²) in [5.41, 5.74) is 19.6. The Bertz CT molecular complexity index is 302. The van der Waals surface area contributed by atoms with Gasteiger partial charge in [-0.05, 0) is 37.6 Å². The summed E-state index contributed by atoms with van der Waals surface area (Å²) in [6.45, 7) is 2.32. The molecule has 0 aromatic heterocycles. The van der Waals surface area contributed by atoms with Crippen molar-refractivity contribution in [3.8, 4) is 0 Å². The third-order valence-electron chi connectivity index (χ3n) is 2.16. The molecule has 4 nitrogen and oxygen atoms in total. The Balaban J connectivity index is 3.07. The van der Waals surface area contributed by atoms with E-state index < -0.39 is 6.10 Å². The zero-order valence-electron chi connectivity index (χ0n) is 8.33. The number of hydrogen-bond acceptors (Lipinski definition) is 4. The minimum Gasteiger partial charge on any atom is -0.398 e. The Morgan fingerprint density at radius 3 is 2.21 bits per heavy atom. The van der Waals surface area contributed by atoms with E-state index in [4.69, 9.17) is 17.2 Å². The summed E-state index contributed by atoms with van der Waals surface area (Å²) in [5.74, 6) is 0. The van der Waals surface area contributed by atoms with Crippen molar-refractivity contribution in [1.82, 2.24) is 0 Å². The Kier molecular flexibility index (Phi) is 3.33. The number of aliphatic hydroxyl groups is 1. The highest BCUT2D eigenvalue weighted by Gasteiger charge is 2.13. The fraction of sp³-hybridized carbons (Fsp3) is 0.400. The van der Waals surface area contributed by atoms with Crippen molar-refractivity contribution < 1.29 is 5.11 Å². The molecule has 0 saturated carbocycles. The van der Waals surface area contributed by atoms with Crippen molar-refractivity contribution in [2.75, 3.05) is 18.0 Å². The molecule has 1 aromatic rings. The van der Waals surface area contributed by atoms with Gasteiger partial charge in [-0.25, -0.2) is 0 Å². The zero-order valence-corrected chi connectivity index (χ0v) is 8.33. The molecule has 0 amide bonds. The number of aryl methyl sites for hydroxylation is 1. The highest BCUT2D eigenvalue weighted by Crippen LogP contribution is 2.29. The first-order valence-corrected chi connectivity index (χ1v) is 4.60. The summed E-state index contributed by atoms with van der Waals surface area (Å²) in [4.78, 5) is 0. The summed E-state index contributed by atoms with van der Waals surface area (Å²) >= 11 is 0. The summed E-state index contributed by atoms with van der Waals surface area (Å²) < 4.78 is 0. The van der Waals surface area contributed by atoms with Gasteiger partial charge in [-0.2, -0.15) is 0 Å². The molecule has 1 rings (SSSR count). The van der Waals surface area contributed by atoms with Crippen LogP contribution >= 0.6 is 0 Å². The number of benzene rings is 1. The van der Waals surface area contributed by atoms with E-state index in [0.717, 1.165) is 5.56 Å². The van der Waals surface area contributed by atoms with Crippen molar-refractivity contribution in [2.45, 2.75) is 19.4 Å². The van der Waals surface area contributed by atoms with Crippen LogP contribution in [0.1, 0.15) is 23.7 Å². The van der Waals surface area contributed by atoms with E-state index in [1.807, 2.05) is 6.92 Å². The fourth-order valence-corrected chi connectivity index (χ4v) is 1.54. The van der Waals surface area contributed by atoms with Crippen LogP contribution in [0.2, 0.25) is 0 Å². The van der Waals surface area contributed by atoms with Crippen LogP contribution in [0, 0.1) is 6.92 Å². The van der Waals surface area contributed by atoms with Crippen LogP contribution < -0.4 is 17.2 Å². The topological polar surface area (TPSA) is 98.3 Å². The summed E-state index contributed by atoms with van der Waals surface area (Å²) in [5, 5.41) is 9.73. The highest BCUT2D eigenvalue weighted by atomic mass is 16.3. The van der Waals surface area contributed by atoms with Gasteiger partial charge < -0.3 is 22.3 Å². The molecule has 1 atom stereocenters. The summed E-state index contributed by atoms with van der Waals surface area (Å²) in [7, 11) is 0. The van der Waals surface area contributed by atoms with Crippen LogP contribution in [-0.4, -0.2) is 11.7 Å². The molecule has 4 heteroatoms. The van der Waals surface area contributed by atoms with Gasteiger partial charge in [0, 0.05) is 16.9 Å². The lowest BCUT2D eigenvalue weighted by atomic mass is 10.0. The third kappa shape index (κ3) is 2.16. The predicted octanol–water partition coefficient (Wildman–Crippen LogP) is 0.542. The fourth-order valence-electron chi connectivity index (χ4n) is 1.54.